The molecule has 6 nitrogen and oxygen atoms in total. The zero-order valence-corrected chi connectivity index (χ0v) is 12.2. The first-order valence-corrected chi connectivity index (χ1v) is 8.40. The molecule has 1 aliphatic carbocycles. The second kappa shape index (κ2) is 6.67. The van der Waals surface area contributed by atoms with Gasteiger partial charge in [0.05, 0.1) is 5.75 Å². The van der Waals surface area contributed by atoms with Crippen LogP contribution in [0.5, 0.6) is 0 Å². The van der Waals surface area contributed by atoms with Crippen LogP contribution in [-0.4, -0.2) is 37.3 Å². The van der Waals surface area contributed by atoms with Crippen LogP contribution >= 0.6 is 0 Å². The molecule has 1 saturated carbocycles. The normalized spacial score (nSPS) is 28.2. The molecule has 0 spiro atoms. The second-order valence-corrected chi connectivity index (χ2v) is 7.27. The molecule has 2 atom stereocenters. The number of carbonyl (C=O) groups is 1. The van der Waals surface area contributed by atoms with E-state index >= 15 is 0 Å². The third-order valence-corrected chi connectivity index (χ3v) is 5.52. The predicted molar refractivity (Wildman–Crippen MR) is 73.2 cm³/mol. The number of carboxylic acid groups (broad SMARTS) is 1. The number of nitrogens with two attached hydrogens (primary N) is 1. The van der Waals surface area contributed by atoms with Crippen molar-refractivity contribution in [3.8, 4) is 0 Å². The highest BCUT2D eigenvalue weighted by Gasteiger charge is 2.39. The minimum atomic E-state index is -3.47. The molecule has 4 N–H and O–H groups in total. The van der Waals surface area contributed by atoms with Crippen LogP contribution < -0.4 is 10.5 Å². The van der Waals surface area contributed by atoms with Crippen LogP contribution in [0.4, 0.5) is 0 Å². The highest BCUT2D eigenvalue weighted by molar-refractivity contribution is 7.89. The van der Waals surface area contributed by atoms with Crippen molar-refractivity contribution in [1.82, 2.24) is 4.72 Å². The van der Waals surface area contributed by atoms with E-state index in [1.54, 1.807) is 0 Å². The van der Waals surface area contributed by atoms with Crippen molar-refractivity contribution in [3.05, 3.63) is 0 Å². The summed E-state index contributed by atoms with van der Waals surface area (Å²) < 4.78 is 26.8. The summed E-state index contributed by atoms with van der Waals surface area (Å²) >= 11 is 0. The lowest BCUT2D eigenvalue weighted by Crippen LogP contribution is -2.59. The summed E-state index contributed by atoms with van der Waals surface area (Å²) in [5.41, 5.74) is 5.24. The summed E-state index contributed by atoms with van der Waals surface area (Å²) in [7, 11) is -3.47. The van der Waals surface area contributed by atoms with Crippen LogP contribution in [0.1, 0.15) is 45.4 Å². The number of rotatable bonds is 7. The molecule has 112 valence electrons. The summed E-state index contributed by atoms with van der Waals surface area (Å²) in [5, 5.41) is 8.54. The SMILES string of the molecule is CC1CCCCC1(CN)NS(=O)(=O)CCCC(=O)O. The predicted octanol–water partition coefficient (Wildman–Crippen LogP) is 0.678. The van der Waals surface area contributed by atoms with E-state index in [1.165, 1.54) is 0 Å². The van der Waals surface area contributed by atoms with Crippen molar-refractivity contribution in [1.29, 1.82) is 0 Å². The van der Waals surface area contributed by atoms with Gasteiger partial charge in [-0.15, -0.1) is 0 Å². The standard InChI is InChI=1S/C12H24N2O4S/c1-10-5-2-3-7-12(10,9-13)14-19(17,18)8-4-6-11(15)16/h10,14H,2-9,13H2,1H3,(H,15,16). The van der Waals surface area contributed by atoms with Crippen molar-refractivity contribution in [2.45, 2.75) is 51.0 Å². The lowest BCUT2D eigenvalue weighted by molar-refractivity contribution is -0.137. The molecular formula is C12H24N2O4S. The van der Waals surface area contributed by atoms with Crippen LogP contribution in [-0.2, 0) is 14.8 Å². The van der Waals surface area contributed by atoms with E-state index in [9.17, 15) is 13.2 Å². The fourth-order valence-electron chi connectivity index (χ4n) is 2.68. The smallest absolute Gasteiger partial charge is 0.303 e. The lowest BCUT2D eigenvalue weighted by Gasteiger charge is -2.42. The molecule has 0 aromatic heterocycles. The summed E-state index contributed by atoms with van der Waals surface area (Å²) in [6, 6.07) is 0. The quantitative estimate of drug-likeness (QED) is 0.639. The number of aliphatic carboxylic acids is 1. The van der Waals surface area contributed by atoms with Gasteiger partial charge in [0.15, 0.2) is 0 Å². The van der Waals surface area contributed by atoms with Crippen LogP contribution in [0.15, 0.2) is 0 Å². The molecule has 2 unspecified atom stereocenters. The summed E-state index contributed by atoms with van der Waals surface area (Å²) in [5.74, 6) is -0.927. The first-order chi connectivity index (χ1) is 8.81. The monoisotopic (exact) mass is 292 g/mol. The molecule has 0 aromatic carbocycles. The molecule has 1 rings (SSSR count). The Balaban J connectivity index is 2.65. The molecule has 0 radical (unpaired) electrons. The van der Waals surface area contributed by atoms with E-state index in [1.807, 2.05) is 6.92 Å². The van der Waals surface area contributed by atoms with Crippen LogP contribution in [0, 0.1) is 5.92 Å². The Labute approximate surface area is 114 Å². The molecule has 0 aliphatic heterocycles. The van der Waals surface area contributed by atoms with Crippen LogP contribution in [0.2, 0.25) is 0 Å². The minimum Gasteiger partial charge on any atom is -0.481 e. The molecule has 7 heteroatoms. The molecule has 0 aromatic rings. The van der Waals surface area contributed by atoms with E-state index in [2.05, 4.69) is 4.72 Å². The Morgan fingerprint density at radius 3 is 2.68 bits per heavy atom. The largest absolute Gasteiger partial charge is 0.481 e. The van der Waals surface area contributed by atoms with Gasteiger partial charge in [-0.25, -0.2) is 13.1 Å². The summed E-state index contributed by atoms with van der Waals surface area (Å²) in [6.07, 6.45) is 3.78. The maximum atomic E-state index is 12.0. The molecule has 0 saturated heterocycles. The molecule has 0 bridgehead atoms. The van der Waals surface area contributed by atoms with E-state index in [0.29, 0.717) is 0 Å². The molecular weight excluding hydrogens is 268 g/mol. The van der Waals surface area contributed by atoms with Crippen molar-refractivity contribution in [3.63, 3.8) is 0 Å². The van der Waals surface area contributed by atoms with Crippen molar-refractivity contribution >= 4 is 16.0 Å². The maximum Gasteiger partial charge on any atom is 0.303 e. The average Bonchev–Trinajstić information content (AvgIpc) is 2.31. The van der Waals surface area contributed by atoms with Gasteiger partial charge < -0.3 is 10.8 Å². The molecule has 1 aliphatic rings. The van der Waals surface area contributed by atoms with Gasteiger partial charge in [-0.1, -0.05) is 19.8 Å². The van der Waals surface area contributed by atoms with Gasteiger partial charge >= 0.3 is 5.97 Å². The van der Waals surface area contributed by atoms with E-state index in [0.717, 1.165) is 25.7 Å². The average molecular weight is 292 g/mol. The van der Waals surface area contributed by atoms with Crippen molar-refractivity contribution < 1.29 is 18.3 Å². The van der Waals surface area contributed by atoms with Gasteiger partial charge in [-0.2, -0.15) is 0 Å². The van der Waals surface area contributed by atoms with E-state index < -0.39 is 21.5 Å². The Morgan fingerprint density at radius 2 is 2.16 bits per heavy atom. The van der Waals surface area contributed by atoms with Gasteiger partial charge in [-0.05, 0) is 25.2 Å². The Kier molecular flexibility index (Phi) is 5.76. The second-order valence-electron chi connectivity index (χ2n) is 5.43. The zero-order valence-electron chi connectivity index (χ0n) is 11.4. The molecule has 0 heterocycles. The first-order valence-electron chi connectivity index (χ1n) is 6.75. The van der Waals surface area contributed by atoms with Crippen LogP contribution in [0.3, 0.4) is 0 Å². The van der Waals surface area contributed by atoms with E-state index in [-0.39, 0.29) is 31.1 Å². The third kappa shape index (κ3) is 4.74. The summed E-state index contributed by atoms with van der Waals surface area (Å²) in [4.78, 5) is 10.4. The number of nitrogens with one attached hydrogen (secondary N) is 1. The highest BCUT2D eigenvalue weighted by atomic mass is 32.2. The maximum absolute atomic E-state index is 12.0. The molecule has 1 fully saturated rings. The van der Waals surface area contributed by atoms with Gasteiger partial charge in [-0.3, -0.25) is 4.79 Å². The van der Waals surface area contributed by atoms with Gasteiger partial charge in [0.2, 0.25) is 10.0 Å². The Hall–Kier alpha value is -0.660. The molecule has 0 amide bonds. The number of carboxylic acids is 1. The van der Waals surface area contributed by atoms with Crippen molar-refractivity contribution in [2.75, 3.05) is 12.3 Å². The van der Waals surface area contributed by atoms with E-state index in [4.69, 9.17) is 10.8 Å². The highest BCUT2D eigenvalue weighted by Crippen LogP contribution is 2.33. The topological polar surface area (TPSA) is 109 Å². The number of hydrogen-bond acceptors (Lipinski definition) is 4. The fourth-order valence-corrected chi connectivity index (χ4v) is 4.32. The molecule has 19 heavy (non-hydrogen) atoms. The van der Waals surface area contributed by atoms with Crippen molar-refractivity contribution in [2.24, 2.45) is 11.7 Å². The van der Waals surface area contributed by atoms with Gasteiger partial charge in [0, 0.05) is 18.5 Å². The first kappa shape index (κ1) is 16.4. The summed E-state index contributed by atoms with van der Waals surface area (Å²) in [6.45, 7) is 2.30. The Morgan fingerprint density at radius 1 is 1.47 bits per heavy atom. The fraction of sp³-hybridized carbons (Fsp3) is 0.917. The minimum absolute atomic E-state index is 0.125. The number of hydrogen-bond donors (Lipinski definition) is 3. The third-order valence-electron chi connectivity index (χ3n) is 3.98. The number of sulfonamides is 1. The van der Waals surface area contributed by atoms with Crippen LogP contribution in [0.25, 0.3) is 0 Å². The zero-order chi connectivity index (χ0) is 14.5. The van der Waals surface area contributed by atoms with Gasteiger partial charge in [0.25, 0.3) is 0 Å². The Bertz CT molecular complexity index is 410. The van der Waals surface area contributed by atoms with Gasteiger partial charge in [0.1, 0.15) is 0 Å². The lowest BCUT2D eigenvalue weighted by atomic mass is 9.74.